The van der Waals surface area contributed by atoms with Crippen molar-refractivity contribution >= 4 is 30.4 Å². The minimum Gasteiger partial charge on any atom is -0.748 e. The van der Waals surface area contributed by atoms with Crippen molar-refractivity contribution in [2.24, 2.45) is 47.3 Å². The Labute approximate surface area is 325 Å². The minimum atomic E-state index is -1.48. The second kappa shape index (κ2) is 15.6. The SMILES string of the molecule is C[Si](C)(C)[c-]1cc(CP(C2C3CC4CC(C3)CC2C4)C2C3CC4CC(C3)CC2C4)c(C(P)(C2CNCCN2)C2CNCCN2)c1.[Fe].[cH-]1[cH-][cH-][cH-][cH-]1. The van der Waals surface area contributed by atoms with Gasteiger partial charge in [-0.2, -0.15) is 28.4 Å². The molecule has 12 rings (SSSR count). The van der Waals surface area contributed by atoms with E-state index in [1.165, 1.54) is 6.16 Å². The summed E-state index contributed by atoms with van der Waals surface area (Å²) in [4.78, 5) is 0. The Bertz CT molecular complexity index is 1290. The fraction of sp³-hybridized carbons (Fsp3) is 0.767. The van der Waals surface area contributed by atoms with Gasteiger partial charge in [-0.1, -0.05) is 25.8 Å². The van der Waals surface area contributed by atoms with Crippen molar-refractivity contribution in [3.63, 3.8) is 0 Å². The van der Waals surface area contributed by atoms with Gasteiger partial charge < -0.3 is 51.6 Å². The van der Waals surface area contributed by atoms with Crippen LogP contribution in [0.3, 0.4) is 0 Å². The summed E-state index contributed by atoms with van der Waals surface area (Å²) >= 11 is 0. The molecule has 8 saturated carbocycles. The molecule has 0 radical (unpaired) electrons. The third-order valence-corrected chi connectivity index (χ3v) is 22.6. The quantitative estimate of drug-likeness (QED) is 0.130. The van der Waals surface area contributed by atoms with Gasteiger partial charge in [-0.25, -0.2) is 0 Å². The number of hydrogen-bond donors (Lipinski definition) is 4. The van der Waals surface area contributed by atoms with Gasteiger partial charge in [0.05, 0.1) is 0 Å². The Hall–Kier alpha value is 0.136. The fourth-order valence-electron chi connectivity index (χ4n) is 13.9. The van der Waals surface area contributed by atoms with Crippen molar-refractivity contribution in [1.29, 1.82) is 0 Å². The van der Waals surface area contributed by atoms with E-state index in [-0.39, 0.29) is 30.1 Å². The average molecular weight is 787 g/mol. The summed E-state index contributed by atoms with van der Waals surface area (Å²) in [5.41, 5.74) is 5.65. The molecule has 8 aliphatic carbocycles. The third kappa shape index (κ3) is 7.42. The van der Waals surface area contributed by atoms with E-state index in [0.717, 1.165) is 97.9 Å². The summed E-state index contributed by atoms with van der Waals surface area (Å²) in [6, 6.07) is 16.5. The molecule has 2 aliphatic heterocycles. The van der Waals surface area contributed by atoms with Gasteiger partial charge in [0.2, 0.25) is 0 Å². The molecule has 2 saturated heterocycles. The molecular weight excluding hydrogens is 718 g/mol. The zero-order valence-electron chi connectivity index (χ0n) is 31.9. The van der Waals surface area contributed by atoms with Gasteiger partial charge in [0.25, 0.3) is 0 Å². The van der Waals surface area contributed by atoms with Crippen LogP contribution < -0.4 is 26.5 Å². The molecule has 51 heavy (non-hydrogen) atoms. The molecule has 4 N–H and O–H groups in total. The molecule has 3 unspecified atom stereocenters. The van der Waals surface area contributed by atoms with Crippen LogP contribution in [-0.4, -0.2) is 70.7 Å². The summed E-state index contributed by atoms with van der Waals surface area (Å²) in [5, 5.41) is 17.4. The van der Waals surface area contributed by atoms with Gasteiger partial charge >= 0.3 is 0 Å². The van der Waals surface area contributed by atoms with Gasteiger partial charge in [-0.05, 0) is 128 Å². The van der Waals surface area contributed by atoms with E-state index in [1.54, 1.807) is 80.5 Å². The largest absolute Gasteiger partial charge is 0.748 e. The van der Waals surface area contributed by atoms with E-state index in [2.05, 4.69) is 62.3 Å². The molecule has 2 aromatic carbocycles. The number of hydrogen-bond acceptors (Lipinski definition) is 4. The van der Waals surface area contributed by atoms with E-state index < -0.39 is 8.07 Å². The van der Waals surface area contributed by atoms with Gasteiger partial charge in [-0.3, -0.25) is 0 Å². The van der Waals surface area contributed by atoms with E-state index in [0.29, 0.717) is 12.1 Å². The zero-order chi connectivity index (χ0) is 34.0. The first kappa shape index (κ1) is 38.0. The predicted octanol–water partition coefficient (Wildman–Crippen LogP) is 7.18. The third-order valence-electron chi connectivity index (χ3n) is 15.6. The summed E-state index contributed by atoms with van der Waals surface area (Å²) < 4.78 is 0. The second-order valence-electron chi connectivity index (χ2n) is 19.8. The first-order chi connectivity index (χ1) is 24.2. The second-order valence-corrected chi connectivity index (χ2v) is 28.3. The van der Waals surface area contributed by atoms with Crippen molar-refractivity contribution in [3.05, 3.63) is 53.6 Å². The van der Waals surface area contributed by atoms with E-state index in [9.17, 15) is 0 Å². The maximum absolute atomic E-state index is 4.06. The molecule has 2 heterocycles. The summed E-state index contributed by atoms with van der Waals surface area (Å²) in [5.74, 6) is 8.59. The maximum Gasteiger partial charge on any atom is 0.0225 e. The van der Waals surface area contributed by atoms with E-state index in [1.807, 2.05) is 30.3 Å². The van der Waals surface area contributed by atoms with Crippen LogP contribution in [0.4, 0.5) is 0 Å². The first-order valence-corrected chi connectivity index (χ1v) is 26.9. The molecule has 0 aromatic heterocycles. The molecule has 0 spiro atoms. The molecule has 4 nitrogen and oxygen atoms in total. The number of rotatable bonds is 8. The standard InChI is InChI=1S/C38H63N4P2Si.C5H5.Fe/c1-45(2,3)32-18-31(33(19-32)38(43,34-20-39-4-6-41-34)35-21-40-5-7-42-35)22-44(36-27-10-23-8-24(12-27)13-28(36)11-23)37-29-14-25-9-26(16-29)17-30(37)15-25;1-2-4-5-3-1;/h18-19,23-30,34-37,39-42H,4-17,20-22,43H2,1-3H3;1-5H;/q-1;-5;. The Balaban J connectivity index is 0.000000576. The monoisotopic (exact) mass is 786 g/mol. The number of nitrogens with one attached hydrogen (secondary N) is 4. The van der Waals surface area contributed by atoms with E-state index >= 15 is 0 Å². The summed E-state index contributed by atoms with van der Waals surface area (Å²) in [6.07, 6.45) is 17.4. The summed E-state index contributed by atoms with van der Waals surface area (Å²) in [7, 11) is 2.06. The molecule has 288 valence electrons. The maximum atomic E-state index is 4.06. The molecule has 0 amide bonds. The number of piperazine rings is 2. The van der Waals surface area contributed by atoms with E-state index in [4.69, 9.17) is 0 Å². The van der Waals surface area contributed by atoms with Gasteiger partial charge in [-0.15, -0.1) is 17.2 Å². The smallest absolute Gasteiger partial charge is 0.0225 e. The van der Waals surface area contributed by atoms with Crippen LogP contribution in [0.25, 0.3) is 0 Å². The van der Waals surface area contributed by atoms with Crippen LogP contribution in [0.5, 0.6) is 0 Å². The van der Waals surface area contributed by atoms with Crippen LogP contribution >= 0.6 is 17.2 Å². The van der Waals surface area contributed by atoms with Crippen molar-refractivity contribution in [3.8, 4) is 0 Å². The van der Waals surface area contributed by atoms with Crippen LogP contribution in [0.1, 0.15) is 75.3 Å². The van der Waals surface area contributed by atoms with Crippen molar-refractivity contribution in [2.45, 2.75) is 119 Å². The molecule has 3 atom stereocenters. The fourth-order valence-corrected chi connectivity index (χ4v) is 20.5. The molecule has 8 heteroatoms. The van der Waals surface area contributed by atoms with Gasteiger partial charge in [0.1, 0.15) is 0 Å². The van der Waals surface area contributed by atoms with Crippen molar-refractivity contribution in [2.75, 3.05) is 39.3 Å². The van der Waals surface area contributed by atoms with Crippen LogP contribution in [0.2, 0.25) is 19.6 Å². The first-order valence-electron chi connectivity index (χ1n) is 21.1. The van der Waals surface area contributed by atoms with Crippen molar-refractivity contribution < 1.29 is 17.1 Å². The Kier molecular flexibility index (Phi) is 11.6. The van der Waals surface area contributed by atoms with Gasteiger partial charge in [0, 0.05) is 76.5 Å². The van der Waals surface area contributed by atoms with Crippen LogP contribution in [0, 0.1) is 47.3 Å². The summed E-state index contributed by atoms with van der Waals surface area (Å²) in [6.45, 7) is 14.2. The Morgan fingerprint density at radius 3 is 1.43 bits per heavy atom. The molecule has 10 aliphatic rings. The van der Waals surface area contributed by atoms with Crippen molar-refractivity contribution in [1.82, 2.24) is 21.3 Å². The molecule has 2 aromatic rings. The zero-order valence-corrected chi connectivity index (χ0v) is 36.0. The van der Waals surface area contributed by atoms with Crippen LogP contribution in [0.15, 0.2) is 42.5 Å². The van der Waals surface area contributed by atoms with Gasteiger partial charge in [0.15, 0.2) is 0 Å². The molecular formula is C43H68FeN4P2Si-6. The molecule has 10 fully saturated rings. The normalized spacial score (nSPS) is 41.3. The van der Waals surface area contributed by atoms with Crippen LogP contribution in [-0.2, 0) is 28.4 Å². The average Bonchev–Trinajstić information content (AvgIpc) is 3.83. The topological polar surface area (TPSA) is 48.1 Å². The predicted molar refractivity (Wildman–Crippen MR) is 220 cm³/mol. The molecule has 8 bridgehead atoms. The Morgan fingerprint density at radius 2 is 1.08 bits per heavy atom. The Morgan fingerprint density at radius 1 is 0.667 bits per heavy atom. The minimum absolute atomic E-state index is 0.